The summed E-state index contributed by atoms with van der Waals surface area (Å²) in [6.07, 6.45) is 0.726. The molecule has 0 heterocycles. The minimum Gasteiger partial charge on any atom is -0.467 e. The topological polar surface area (TPSA) is 71.1 Å². The minimum atomic E-state index is -0.400. The van der Waals surface area contributed by atoms with E-state index in [4.69, 9.17) is 14.2 Å². The molecule has 0 N–H and O–H groups in total. The van der Waals surface area contributed by atoms with Crippen LogP contribution in [0.3, 0.4) is 0 Å². The number of ketones is 1. The third-order valence-corrected chi connectivity index (χ3v) is 1.70. The predicted octanol–water partition coefficient (Wildman–Crippen LogP) is 0.188. The molecule has 0 atom stereocenters. The standard InChI is InChI=1S/C11H20O6/c1-10(12)8-16-5-3-4-15-6-7-17-9-11(13)14-2/h3-9H2,1-2H3. The average Bonchev–Trinajstić information content (AvgIpc) is 2.30. The molecule has 0 rings (SSSR count). The summed E-state index contributed by atoms with van der Waals surface area (Å²) in [5, 5.41) is 0. The molecule has 6 heteroatoms. The van der Waals surface area contributed by atoms with Crippen molar-refractivity contribution >= 4 is 11.8 Å². The van der Waals surface area contributed by atoms with E-state index in [0.29, 0.717) is 26.4 Å². The Morgan fingerprint density at radius 2 is 1.47 bits per heavy atom. The Morgan fingerprint density at radius 3 is 2.12 bits per heavy atom. The first-order valence-electron chi connectivity index (χ1n) is 5.46. The lowest BCUT2D eigenvalue weighted by Crippen LogP contribution is -2.14. The third-order valence-electron chi connectivity index (χ3n) is 1.70. The second kappa shape index (κ2) is 11.5. The smallest absolute Gasteiger partial charge is 0.331 e. The number of esters is 1. The number of carbonyl (C=O) groups is 2. The second-order valence-electron chi connectivity index (χ2n) is 3.35. The molecule has 0 saturated heterocycles. The van der Waals surface area contributed by atoms with E-state index in [1.807, 2.05) is 0 Å². The van der Waals surface area contributed by atoms with Gasteiger partial charge in [0, 0.05) is 13.2 Å². The lowest BCUT2D eigenvalue weighted by atomic mass is 10.4. The Morgan fingerprint density at radius 1 is 0.882 bits per heavy atom. The highest BCUT2D eigenvalue weighted by molar-refractivity contribution is 5.76. The molecule has 0 aromatic heterocycles. The van der Waals surface area contributed by atoms with E-state index in [1.54, 1.807) is 0 Å². The Labute approximate surface area is 101 Å². The van der Waals surface area contributed by atoms with E-state index in [0.717, 1.165) is 6.42 Å². The lowest BCUT2D eigenvalue weighted by molar-refractivity contribution is -0.146. The monoisotopic (exact) mass is 248 g/mol. The van der Waals surface area contributed by atoms with Crippen LogP contribution >= 0.6 is 0 Å². The van der Waals surface area contributed by atoms with Gasteiger partial charge in [-0.25, -0.2) is 4.79 Å². The number of Topliss-reactive ketones (excluding diaryl/α,β-unsaturated/α-hetero) is 1. The largest absolute Gasteiger partial charge is 0.467 e. The van der Waals surface area contributed by atoms with E-state index in [9.17, 15) is 9.59 Å². The summed E-state index contributed by atoms with van der Waals surface area (Å²) >= 11 is 0. The van der Waals surface area contributed by atoms with Gasteiger partial charge in [-0.15, -0.1) is 0 Å². The molecule has 0 aromatic rings. The fourth-order valence-electron chi connectivity index (χ4n) is 0.913. The first-order chi connectivity index (χ1) is 8.16. The molecule has 0 radical (unpaired) electrons. The van der Waals surface area contributed by atoms with E-state index in [2.05, 4.69) is 4.74 Å². The zero-order valence-electron chi connectivity index (χ0n) is 10.4. The summed E-state index contributed by atoms with van der Waals surface area (Å²) in [7, 11) is 1.31. The summed E-state index contributed by atoms with van der Waals surface area (Å²) in [6.45, 7) is 3.40. The second-order valence-corrected chi connectivity index (χ2v) is 3.35. The summed E-state index contributed by atoms with van der Waals surface area (Å²) in [4.78, 5) is 21.2. The van der Waals surface area contributed by atoms with Crippen molar-refractivity contribution in [3.8, 4) is 0 Å². The first kappa shape index (κ1) is 16.0. The fraction of sp³-hybridized carbons (Fsp3) is 0.818. The van der Waals surface area contributed by atoms with Crippen LogP contribution in [0.1, 0.15) is 13.3 Å². The minimum absolute atomic E-state index is 0.0159. The van der Waals surface area contributed by atoms with Crippen LogP contribution in [-0.4, -0.2) is 58.5 Å². The zero-order chi connectivity index (χ0) is 12.9. The van der Waals surface area contributed by atoms with Gasteiger partial charge >= 0.3 is 5.97 Å². The van der Waals surface area contributed by atoms with Gasteiger partial charge in [-0.1, -0.05) is 0 Å². The molecular weight excluding hydrogens is 228 g/mol. The third kappa shape index (κ3) is 13.0. The molecule has 0 amide bonds. The van der Waals surface area contributed by atoms with Crippen LogP contribution in [-0.2, 0) is 28.5 Å². The van der Waals surface area contributed by atoms with Gasteiger partial charge in [-0.2, -0.15) is 0 Å². The highest BCUT2D eigenvalue weighted by atomic mass is 16.6. The SMILES string of the molecule is COC(=O)COCCOCCCOCC(C)=O. The molecular formula is C11H20O6. The van der Waals surface area contributed by atoms with E-state index >= 15 is 0 Å². The predicted molar refractivity (Wildman–Crippen MR) is 59.8 cm³/mol. The molecule has 0 fully saturated rings. The average molecular weight is 248 g/mol. The zero-order valence-corrected chi connectivity index (χ0v) is 10.4. The van der Waals surface area contributed by atoms with Gasteiger partial charge in [0.2, 0.25) is 0 Å². The normalized spacial score (nSPS) is 10.2. The van der Waals surface area contributed by atoms with Crippen molar-refractivity contribution < 1.29 is 28.5 Å². The maximum Gasteiger partial charge on any atom is 0.331 e. The number of hydrogen-bond donors (Lipinski definition) is 0. The van der Waals surface area contributed by atoms with E-state index < -0.39 is 5.97 Å². The van der Waals surface area contributed by atoms with Crippen LogP contribution in [0, 0.1) is 0 Å². The Kier molecular flexibility index (Phi) is 10.8. The van der Waals surface area contributed by atoms with Gasteiger partial charge in [-0.05, 0) is 13.3 Å². The van der Waals surface area contributed by atoms with Crippen molar-refractivity contribution in [3.63, 3.8) is 0 Å². The van der Waals surface area contributed by atoms with Gasteiger partial charge in [0.1, 0.15) is 13.2 Å². The number of carbonyl (C=O) groups excluding carboxylic acids is 2. The molecule has 100 valence electrons. The first-order valence-corrected chi connectivity index (χ1v) is 5.46. The number of ether oxygens (including phenoxy) is 4. The van der Waals surface area contributed by atoms with Crippen molar-refractivity contribution in [1.29, 1.82) is 0 Å². The Balaban J connectivity index is 3.03. The van der Waals surface area contributed by atoms with Crippen LogP contribution in [0.2, 0.25) is 0 Å². The highest BCUT2D eigenvalue weighted by Crippen LogP contribution is 1.87. The molecule has 6 nitrogen and oxygen atoms in total. The fourth-order valence-corrected chi connectivity index (χ4v) is 0.913. The molecule has 0 saturated carbocycles. The molecule has 0 aromatic carbocycles. The maximum atomic E-state index is 10.6. The van der Waals surface area contributed by atoms with Crippen molar-refractivity contribution in [2.75, 3.05) is 46.8 Å². The van der Waals surface area contributed by atoms with Crippen LogP contribution < -0.4 is 0 Å². The molecule has 0 spiro atoms. The summed E-state index contributed by atoms with van der Waals surface area (Å²) in [5.74, 6) is -0.384. The molecule has 0 bridgehead atoms. The lowest BCUT2D eigenvalue weighted by Gasteiger charge is -2.05. The summed E-state index contributed by atoms with van der Waals surface area (Å²) in [6, 6.07) is 0. The van der Waals surface area contributed by atoms with Gasteiger partial charge in [0.25, 0.3) is 0 Å². The van der Waals surface area contributed by atoms with Crippen molar-refractivity contribution in [1.82, 2.24) is 0 Å². The van der Waals surface area contributed by atoms with E-state index in [1.165, 1.54) is 14.0 Å². The molecule has 0 aliphatic carbocycles. The van der Waals surface area contributed by atoms with Crippen LogP contribution in [0.15, 0.2) is 0 Å². The van der Waals surface area contributed by atoms with Crippen molar-refractivity contribution in [2.45, 2.75) is 13.3 Å². The highest BCUT2D eigenvalue weighted by Gasteiger charge is 1.98. The maximum absolute atomic E-state index is 10.6. The Bertz CT molecular complexity index is 216. The quantitative estimate of drug-likeness (QED) is 0.384. The molecule has 0 aliphatic rings. The van der Waals surface area contributed by atoms with Gasteiger partial charge < -0.3 is 18.9 Å². The number of rotatable bonds is 11. The summed E-state index contributed by atoms with van der Waals surface area (Å²) < 4.78 is 19.6. The van der Waals surface area contributed by atoms with Crippen LogP contribution in [0.5, 0.6) is 0 Å². The van der Waals surface area contributed by atoms with Crippen molar-refractivity contribution in [3.05, 3.63) is 0 Å². The molecule has 0 unspecified atom stereocenters. The van der Waals surface area contributed by atoms with Gasteiger partial charge in [-0.3, -0.25) is 4.79 Å². The summed E-state index contributed by atoms with van der Waals surface area (Å²) in [5.41, 5.74) is 0. The van der Waals surface area contributed by atoms with Crippen molar-refractivity contribution in [2.24, 2.45) is 0 Å². The van der Waals surface area contributed by atoms with E-state index in [-0.39, 0.29) is 19.0 Å². The van der Waals surface area contributed by atoms with Crippen LogP contribution in [0.4, 0.5) is 0 Å². The van der Waals surface area contributed by atoms with Crippen LogP contribution in [0.25, 0.3) is 0 Å². The number of hydrogen-bond acceptors (Lipinski definition) is 6. The van der Waals surface area contributed by atoms with Gasteiger partial charge in [0.05, 0.1) is 20.3 Å². The number of methoxy groups -OCH3 is 1. The molecule has 17 heavy (non-hydrogen) atoms. The molecule has 0 aliphatic heterocycles. The van der Waals surface area contributed by atoms with Gasteiger partial charge in [0.15, 0.2) is 5.78 Å². The Hall–Kier alpha value is -0.980.